The number of amides is 3. The molecule has 3 aliphatic heterocycles. The fraction of sp³-hybridized carbons (Fsp3) is 0.333. The van der Waals surface area contributed by atoms with Crippen LogP contribution >= 0.6 is 0 Å². The number of allylic oxidation sites excluding steroid dienone is 1. The van der Waals surface area contributed by atoms with E-state index in [0.717, 1.165) is 16.0 Å². The summed E-state index contributed by atoms with van der Waals surface area (Å²) in [6.07, 6.45) is 1.65. The van der Waals surface area contributed by atoms with Crippen molar-refractivity contribution < 1.29 is 19.1 Å². The Bertz CT molecular complexity index is 902. The van der Waals surface area contributed by atoms with E-state index in [1.165, 1.54) is 11.9 Å². The van der Waals surface area contributed by atoms with Gasteiger partial charge < -0.3 is 9.47 Å². The van der Waals surface area contributed by atoms with Crippen LogP contribution in [-0.4, -0.2) is 54.2 Å². The van der Waals surface area contributed by atoms with Crippen LogP contribution in [0.4, 0.5) is 4.79 Å². The molecule has 3 aliphatic rings. The number of amidine groups is 1. The standard InChI is InChI=1S/C18H18N4O4/c1-10-7-20-16-14(17(23)22(3)18(24)21(16)2)15(10)19-8-11-4-5-12-13(6-11)26-9-25-12/h4-7,14H,8-9H2,1-3H3. The topological polar surface area (TPSA) is 83.8 Å². The molecule has 1 unspecified atom stereocenters. The summed E-state index contributed by atoms with van der Waals surface area (Å²) in [4.78, 5) is 36.3. The van der Waals surface area contributed by atoms with E-state index >= 15 is 0 Å². The molecule has 1 aromatic carbocycles. The number of fused-ring (bicyclic) bond motifs is 2. The number of carbonyl (C=O) groups excluding carboxylic acids is 2. The van der Waals surface area contributed by atoms with Gasteiger partial charge in [0.05, 0.1) is 12.3 Å². The molecule has 1 saturated heterocycles. The molecule has 3 heterocycles. The van der Waals surface area contributed by atoms with Gasteiger partial charge in [0.1, 0.15) is 11.8 Å². The molecule has 4 rings (SSSR count). The zero-order valence-corrected chi connectivity index (χ0v) is 14.7. The van der Waals surface area contributed by atoms with Crippen molar-refractivity contribution in [2.24, 2.45) is 15.9 Å². The van der Waals surface area contributed by atoms with Crippen molar-refractivity contribution in [2.75, 3.05) is 20.9 Å². The van der Waals surface area contributed by atoms with Gasteiger partial charge in [-0.25, -0.2) is 9.79 Å². The summed E-state index contributed by atoms with van der Waals surface area (Å²) in [7, 11) is 3.09. The van der Waals surface area contributed by atoms with Gasteiger partial charge >= 0.3 is 6.03 Å². The van der Waals surface area contributed by atoms with Crippen molar-refractivity contribution in [2.45, 2.75) is 13.5 Å². The fourth-order valence-corrected chi connectivity index (χ4v) is 3.20. The quantitative estimate of drug-likeness (QED) is 0.811. The molecule has 8 nitrogen and oxygen atoms in total. The molecule has 26 heavy (non-hydrogen) atoms. The molecular weight excluding hydrogens is 336 g/mol. The first kappa shape index (κ1) is 16.3. The largest absolute Gasteiger partial charge is 0.454 e. The summed E-state index contributed by atoms with van der Waals surface area (Å²) in [5, 5.41) is 0. The lowest BCUT2D eigenvalue weighted by molar-refractivity contribution is -0.128. The molecule has 0 radical (unpaired) electrons. The second kappa shape index (κ2) is 5.98. The molecule has 3 amide bonds. The van der Waals surface area contributed by atoms with Crippen LogP contribution in [0, 0.1) is 5.92 Å². The molecule has 0 bridgehead atoms. The minimum atomic E-state index is -0.665. The number of imide groups is 1. The number of urea groups is 1. The van der Waals surface area contributed by atoms with Gasteiger partial charge in [0.15, 0.2) is 11.5 Å². The lowest BCUT2D eigenvalue weighted by atomic mass is 9.91. The predicted molar refractivity (Wildman–Crippen MR) is 94.3 cm³/mol. The van der Waals surface area contributed by atoms with Gasteiger partial charge in [-0.1, -0.05) is 6.07 Å². The minimum absolute atomic E-state index is 0.220. The third-order valence-electron chi connectivity index (χ3n) is 4.69. The van der Waals surface area contributed by atoms with Crippen LogP contribution in [0.5, 0.6) is 11.5 Å². The van der Waals surface area contributed by atoms with Gasteiger partial charge in [0.2, 0.25) is 12.7 Å². The summed E-state index contributed by atoms with van der Waals surface area (Å²) in [5.74, 6) is 0.840. The first-order valence-corrected chi connectivity index (χ1v) is 8.20. The van der Waals surface area contributed by atoms with E-state index in [4.69, 9.17) is 9.47 Å². The first-order chi connectivity index (χ1) is 12.5. The summed E-state index contributed by atoms with van der Waals surface area (Å²) < 4.78 is 10.7. The highest BCUT2D eigenvalue weighted by molar-refractivity contribution is 6.33. The van der Waals surface area contributed by atoms with Crippen molar-refractivity contribution in [3.05, 3.63) is 35.5 Å². The molecule has 1 fully saturated rings. The van der Waals surface area contributed by atoms with E-state index in [-0.39, 0.29) is 12.7 Å². The Morgan fingerprint density at radius 3 is 2.77 bits per heavy atom. The Kier molecular flexibility index (Phi) is 3.75. The third kappa shape index (κ3) is 2.45. The number of rotatable bonds is 2. The highest BCUT2D eigenvalue weighted by Gasteiger charge is 2.44. The molecule has 0 aromatic heterocycles. The summed E-state index contributed by atoms with van der Waals surface area (Å²) >= 11 is 0. The molecule has 134 valence electrons. The maximum Gasteiger partial charge on any atom is 0.331 e. The highest BCUT2D eigenvalue weighted by atomic mass is 16.7. The average molecular weight is 354 g/mol. The number of benzene rings is 1. The molecular formula is C18H18N4O4. The minimum Gasteiger partial charge on any atom is -0.454 e. The van der Waals surface area contributed by atoms with E-state index in [1.54, 1.807) is 13.2 Å². The molecule has 0 aliphatic carbocycles. The Labute approximate surface area is 150 Å². The van der Waals surface area contributed by atoms with Crippen molar-refractivity contribution in [1.82, 2.24) is 9.80 Å². The van der Waals surface area contributed by atoms with Crippen LogP contribution in [0.3, 0.4) is 0 Å². The van der Waals surface area contributed by atoms with E-state index in [0.29, 0.717) is 29.6 Å². The number of hydrogen-bond acceptors (Lipinski definition) is 6. The maximum atomic E-state index is 12.7. The lowest BCUT2D eigenvalue weighted by Gasteiger charge is -2.37. The normalized spacial score (nSPS) is 23.2. The summed E-state index contributed by atoms with van der Waals surface area (Å²) in [6, 6.07) is 5.25. The van der Waals surface area contributed by atoms with Gasteiger partial charge in [-0.3, -0.25) is 19.6 Å². The van der Waals surface area contributed by atoms with E-state index in [2.05, 4.69) is 9.98 Å². The van der Waals surface area contributed by atoms with Gasteiger partial charge in [-0.2, -0.15) is 0 Å². The van der Waals surface area contributed by atoms with Crippen molar-refractivity contribution in [1.29, 1.82) is 0 Å². The van der Waals surface area contributed by atoms with E-state index in [1.807, 2.05) is 25.1 Å². The zero-order chi connectivity index (χ0) is 18.4. The van der Waals surface area contributed by atoms with E-state index in [9.17, 15) is 9.59 Å². The zero-order valence-electron chi connectivity index (χ0n) is 14.7. The molecule has 8 heteroatoms. The van der Waals surface area contributed by atoms with Crippen molar-refractivity contribution in [3.63, 3.8) is 0 Å². The Balaban J connectivity index is 1.66. The number of nitrogens with zero attached hydrogens (tertiary/aromatic N) is 4. The maximum absolute atomic E-state index is 12.7. The first-order valence-electron chi connectivity index (χ1n) is 8.20. The Morgan fingerprint density at radius 2 is 1.96 bits per heavy atom. The smallest absolute Gasteiger partial charge is 0.331 e. The van der Waals surface area contributed by atoms with Crippen LogP contribution in [0.1, 0.15) is 12.5 Å². The number of aliphatic imine (C=N–C) groups is 2. The molecule has 0 N–H and O–H groups in total. The molecule has 1 atom stereocenters. The van der Waals surface area contributed by atoms with Gasteiger partial charge in [-0.05, 0) is 30.2 Å². The lowest BCUT2D eigenvalue weighted by Crippen LogP contribution is -2.59. The molecule has 1 aromatic rings. The van der Waals surface area contributed by atoms with Crippen LogP contribution < -0.4 is 9.47 Å². The summed E-state index contributed by atoms with van der Waals surface area (Å²) in [6.45, 7) is 2.47. The second-order valence-electron chi connectivity index (χ2n) is 6.36. The van der Waals surface area contributed by atoms with Gasteiger partial charge in [-0.15, -0.1) is 0 Å². The number of hydrogen-bond donors (Lipinski definition) is 0. The van der Waals surface area contributed by atoms with Crippen LogP contribution in [0.25, 0.3) is 0 Å². The van der Waals surface area contributed by atoms with Crippen LogP contribution in [0.2, 0.25) is 0 Å². The molecule has 0 spiro atoms. The van der Waals surface area contributed by atoms with Crippen LogP contribution in [-0.2, 0) is 11.3 Å². The predicted octanol–water partition coefficient (Wildman–Crippen LogP) is 1.81. The second-order valence-corrected chi connectivity index (χ2v) is 6.36. The summed E-state index contributed by atoms with van der Waals surface area (Å²) in [5.41, 5.74) is 2.38. The highest BCUT2D eigenvalue weighted by Crippen LogP contribution is 2.33. The number of carbonyl (C=O) groups is 2. The van der Waals surface area contributed by atoms with Crippen molar-refractivity contribution >= 4 is 23.5 Å². The SMILES string of the molecule is CC1=CN=C2C(C(=O)N(C)C(=O)N2C)C1=NCc1ccc2c(c1)OCO2. The average Bonchev–Trinajstić information content (AvgIpc) is 3.11. The van der Waals surface area contributed by atoms with Gasteiger partial charge in [0.25, 0.3) is 0 Å². The van der Waals surface area contributed by atoms with Crippen molar-refractivity contribution in [3.8, 4) is 11.5 Å². The van der Waals surface area contributed by atoms with Crippen LogP contribution in [0.15, 0.2) is 40.0 Å². The number of ether oxygens (including phenoxy) is 2. The van der Waals surface area contributed by atoms with Gasteiger partial charge in [0, 0.05) is 20.3 Å². The Hall–Kier alpha value is -3.16. The third-order valence-corrected chi connectivity index (χ3v) is 4.69. The fourth-order valence-electron chi connectivity index (χ4n) is 3.20. The molecule has 0 saturated carbocycles. The Morgan fingerprint density at radius 1 is 1.19 bits per heavy atom. The van der Waals surface area contributed by atoms with E-state index < -0.39 is 11.9 Å². The monoisotopic (exact) mass is 354 g/mol.